The number of carbonyl (C=O) groups is 2. The molecule has 0 heterocycles. The van der Waals surface area contributed by atoms with Crippen LogP contribution in [0.4, 0.5) is 4.79 Å². The lowest BCUT2D eigenvalue weighted by Crippen LogP contribution is -2.49. The summed E-state index contributed by atoms with van der Waals surface area (Å²) in [5.74, 6) is -1.40. The van der Waals surface area contributed by atoms with Crippen LogP contribution in [0, 0.1) is 0 Å². The minimum Gasteiger partial charge on any atom is -0.479 e. The Morgan fingerprint density at radius 3 is 2.50 bits per heavy atom. The van der Waals surface area contributed by atoms with Gasteiger partial charge in [0, 0.05) is 6.54 Å². The molecule has 0 saturated carbocycles. The molecule has 0 aromatic carbocycles. The Bertz CT molecular complexity index is 315. The van der Waals surface area contributed by atoms with E-state index in [-0.39, 0.29) is 13.1 Å². The van der Waals surface area contributed by atoms with Gasteiger partial charge < -0.3 is 25.6 Å². The number of carboxylic acid groups (broad SMARTS) is 1. The van der Waals surface area contributed by atoms with Gasteiger partial charge >= 0.3 is 12.0 Å². The standard InChI is InChI=1S/C11H20N2O5/c1-8(2)6-18-5-4-12-10(16)13-7-11(3,17)9(14)15/h17H,1,4-7H2,2-3H3,(H,14,15)(H2,12,13,16). The maximum Gasteiger partial charge on any atom is 0.337 e. The molecule has 0 aliphatic heterocycles. The first-order valence-electron chi connectivity index (χ1n) is 5.45. The summed E-state index contributed by atoms with van der Waals surface area (Å²) in [6, 6.07) is -0.560. The van der Waals surface area contributed by atoms with Crippen molar-refractivity contribution in [3.63, 3.8) is 0 Å². The molecule has 0 bridgehead atoms. The number of urea groups is 1. The molecule has 7 heteroatoms. The van der Waals surface area contributed by atoms with Gasteiger partial charge in [0.2, 0.25) is 0 Å². The third-order valence-electron chi connectivity index (χ3n) is 1.93. The van der Waals surface area contributed by atoms with Crippen molar-refractivity contribution >= 4 is 12.0 Å². The number of aliphatic hydroxyl groups is 1. The third-order valence-corrected chi connectivity index (χ3v) is 1.93. The molecule has 1 atom stereocenters. The predicted molar refractivity (Wildman–Crippen MR) is 65.3 cm³/mol. The van der Waals surface area contributed by atoms with Gasteiger partial charge in [-0.3, -0.25) is 0 Å². The molecular weight excluding hydrogens is 240 g/mol. The van der Waals surface area contributed by atoms with Gasteiger partial charge in [-0.1, -0.05) is 12.2 Å². The fraction of sp³-hybridized carbons (Fsp3) is 0.636. The lowest BCUT2D eigenvalue weighted by Gasteiger charge is -2.18. The third kappa shape index (κ3) is 7.64. The largest absolute Gasteiger partial charge is 0.479 e. The fourth-order valence-corrected chi connectivity index (χ4v) is 0.874. The average molecular weight is 260 g/mol. The lowest BCUT2D eigenvalue weighted by molar-refractivity contribution is -0.155. The highest BCUT2D eigenvalue weighted by Gasteiger charge is 2.30. The SMILES string of the molecule is C=C(C)COCCNC(=O)NCC(C)(O)C(=O)O. The molecule has 0 spiro atoms. The summed E-state index contributed by atoms with van der Waals surface area (Å²) < 4.78 is 5.14. The summed E-state index contributed by atoms with van der Waals surface area (Å²) >= 11 is 0. The van der Waals surface area contributed by atoms with E-state index in [1.54, 1.807) is 0 Å². The van der Waals surface area contributed by atoms with Crippen LogP contribution in [0.1, 0.15) is 13.8 Å². The normalized spacial score (nSPS) is 13.5. The zero-order valence-corrected chi connectivity index (χ0v) is 10.7. The van der Waals surface area contributed by atoms with Crippen LogP contribution in [0.25, 0.3) is 0 Å². The monoisotopic (exact) mass is 260 g/mol. The highest BCUT2D eigenvalue weighted by atomic mass is 16.5. The minimum absolute atomic E-state index is 0.286. The number of rotatable bonds is 8. The Kier molecular flexibility index (Phi) is 6.99. The maximum atomic E-state index is 11.2. The van der Waals surface area contributed by atoms with Gasteiger partial charge in [-0.25, -0.2) is 9.59 Å². The molecule has 0 aliphatic rings. The van der Waals surface area contributed by atoms with Gasteiger partial charge in [0.25, 0.3) is 0 Å². The maximum absolute atomic E-state index is 11.2. The molecule has 0 aromatic heterocycles. The Labute approximate surface area is 106 Å². The number of hydrogen-bond donors (Lipinski definition) is 4. The van der Waals surface area contributed by atoms with Crippen LogP contribution in [0.3, 0.4) is 0 Å². The number of carbonyl (C=O) groups excluding carboxylic acids is 1. The molecule has 0 saturated heterocycles. The Hall–Kier alpha value is -1.60. The molecule has 0 aromatic rings. The summed E-state index contributed by atoms with van der Waals surface area (Å²) in [6.07, 6.45) is 0. The number of carboxylic acids is 1. The van der Waals surface area contributed by atoms with E-state index in [0.717, 1.165) is 12.5 Å². The number of amides is 2. The first kappa shape index (κ1) is 16.4. The van der Waals surface area contributed by atoms with Crippen molar-refractivity contribution in [2.24, 2.45) is 0 Å². The number of ether oxygens (including phenoxy) is 1. The second-order valence-electron chi connectivity index (χ2n) is 4.20. The first-order valence-corrected chi connectivity index (χ1v) is 5.45. The van der Waals surface area contributed by atoms with Crippen LogP contribution < -0.4 is 10.6 Å². The summed E-state index contributed by atoms with van der Waals surface area (Å²) in [4.78, 5) is 21.8. The molecule has 104 valence electrons. The molecule has 4 N–H and O–H groups in total. The Morgan fingerprint density at radius 1 is 1.39 bits per heavy atom. The average Bonchev–Trinajstić information content (AvgIpc) is 2.25. The van der Waals surface area contributed by atoms with Crippen LogP contribution in [-0.4, -0.2) is 54.1 Å². The molecule has 2 amide bonds. The van der Waals surface area contributed by atoms with Crippen molar-refractivity contribution in [2.75, 3.05) is 26.3 Å². The van der Waals surface area contributed by atoms with Crippen molar-refractivity contribution in [1.82, 2.24) is 10.6 Å². The molecule has 0 fully saturated rings. The highest BCUT2D eigenvalue weighted by molar-refractivity contribution is 5.79. The van der Waals surface area contributed by atoms with Gasteiger partial charge in [0.05, 0.1) is 19.8 Å². The van der Waals surface area contributed by atoms with Gasteiger partial charge in [-0.05, 0) is 13.8 Å². The molecule has 7 nitrogen and oxygen atoms in total. The Morgan fingerprint density at radius 2 is 2.00 bits per heavy atom. The Balaban J connectivity index is 3.67. The molecule has 0 aliphatic carbocycles. The molecule has 18 heavy (non-hydrogen) atoms. The number of nitrogens with one attached hydrogen (secondary N) is 2. The summed E-state index contributed by atoms with van der Waals surface area (Å²) in [5, 5.41) is 22.6. The van der Waals surface area contributed by atoms with E-state index in [1.165, 1.54) is 0 Å². The second-order valence-corrected chi connectivity index (χ2v) is 4.20. The van der Waals surface area contributed by atoms with Gasteiger partial charge in [0.15, 0.2) is 5.60 Å². The van der Waals surface area contributed by atoms with E-state index < -0.39 is 17.6 Å². The van der Waals surface area contributed by atoms with Gasteiger partial charge in [-0.2, -0.15) is 0 Å². The molecule has 0 radical (unpaired) electrons. The topological polar surface area (TPSA) is 108 Å². The number of aliphatic carboxylic acids is 1. The molecule has 0 rings (SSSR count). The summed E-state index contributed by atoms with van der Waals surface area (Å²) in [7, 11) is 0. The predicted octanol–water partition coefficient (Wildman–Crippen LogP) is -0.286. The summed E-state index contributed by atoms with van der Waals surface area (Å²) in [6.45, 7) is 7.25. The highest BCUT2D eigenvalue weighted by Crippen LogP contribution is 2.00. The van der Waals surface area contributed by atoms with Crippen LogP contribution in [0.5, 0.6) is 0 Å². The number of hydrogen-bond acceptors (Lipinski definition) is 4. The van der Waals surface area contributed by atoms with Crippen LogP contribution in [-0.2, 0) is 9.53 Å². The van der Waals surface area contributed by atoms with E-state index in [0.29, 0.717) is 13.2 Å². The minimum atomic E-state index is -1.98. The van der Waals surface area contributed by atoms with E-state index in [2.05, 4.69) is 17.2 Å². The zero-order chi connectivity index (χ0) is 14.2. The lowest BCUT2D eigenvalue weighted by atomic mass is 10.1. The van der Waals surface area contributed by atoms with Crippen LogP contribution >= 0.6 is 0 Å². The van der Waals surface area contributed by atoms with Gasteiger partial charge in [0.1, 0.15) is 0 Å². The van der Waals surface area contributed by atoms with E-state index >= 15 is 0 Å². The fourth-order valence-electron chi connectivity index (χ4n) is 0.874. The van der Waals surface area contributed by atoms with E-state index in [4.69, 9.17) is 9.84 Å². The van der Waals surface area contributed by atoms with Crippen molar-refractivity contribution in [1.29, 1.82) is 0 Å². The smallest absolute Gasteiger partial charge is 0.337 e. The van der Waals surface area contributed by atoms with Crippen molar-refractivity contribution in [2.45, 2.75) is 19.4 Å². The van der Waals surface area contributed by atoms with E-state index in [1.807, 2.05) is 6.92 Å². The van der Waals surface area contributed by atoms with Crippen LogP contribution in [0.2, 0.25) is 0 Å². The van der Waals surface area contributed by atoms with Crippen molar-refractivity contribution < 1.29 is 24.5 Å². The zero-order valence-electron chi connectivity index (χ0n) is 10.7. The molecule has 1 unspecified atom stereocenters. The summed E-state index contributed by atoms with van der Waals surface area (Å²) in [5.41, 5.74) is -1.09. The van der Waals surface area contributed by atoms with Crippen molar-refractivity contribution in [3.05, 3.63) is 12.2 Å². The van der Waals surface area contributed by atoms with Gasteiger partial charge in [-0.15, -0.1) is 0 Å². The second kappa shape index (κ2) is 7.67. The van der Waals surface area contributed by atoms with Crippen LogP contribution in [0.15, 0.2) is 12.2 Å². The molecular formula is C11H20N2O5. The van der Waals surface area contributed by atoms with E-state index in [9.17, 15) is 14.7 Å². The first-order chi connectivity index (χ1) is 8.25. The van der Waals surface area contributed by atoms with Crippen molar-refractivity contribution in [3.8, 4) is 0 Å². The quantitative estimate of drug-likeness (QED) is 0.354.